The highest BCUT2D eigenvalue weighted by atomic mass is 35.5. The number of phenols is 1. The molecule has 0 saturated heterocycles. The van der Waals surface area contributed by atoms with E-state index in [2.05, 4.69) is 10.1 Å². The zero-order valence-corrected chi connectivity index (χ0v) is 9.26. The number of anilines is 1. The lowest BCUT2D eigenvalue weighted by Gasteiger charge is -2.09. The Morgan fingerprint density at radius 3 is 2.87 bits per heavy atom. The molecular weight excluding hydrogens is 218 g/mol. The number of hydrogen-bond donors (Lipinski definition) is 2. The summed E-state index contributed by atoms with van der Waals surface area (Å²) in [4.78, 5) is 11.1. The van der Waals surface area contributed by atoms with Gasteiger partial charge in [-0.15, -0.1) is 0 Å². The van der Waals surface area contributed by atoms with Crippen LogP contribution in [0.1, 0.15) is 12.5 Å². The number of carbonyl (C=O) groups is 1. The highest BCUT2D eigenvalue weighted by Gasteiger charge is 2.10. The number of hydrogen-bond acceptors (Lipinski definition) is 3. The van der Waals surface area contributed by atoms with Gasteiger partial charge in [-0.2, -0.15) is 0 Å². The first-order chi connectivity index (χ1) is 7.06. The van der Waals surface area contributed by atoms with Gasteiger partial charge in [0.2, 0.25) is 0 Å². The van der Waals surface area contributed by atoms with Crippen molar-refractivity contribution < 1.29 is 14.6 Å². The van der Waals surface area contributed by atoms with Crippen molar-refractivity contribution >= 4 is 23.4 Å². The first-order valence-electron chi connectivity index (χ1n) is 4.48. The molecule has 0 aliphatic heterocycles. The van der Waals surface area contributed by atoms with E-state index in [0.717, 1.165) is 5.56 Å². The van der Waals surface area contributed by atoms with Crippen LogP contribution in [-0.2, 0) is 4.74 Å². The third-order valence-electron chi connectivity index (χ3n) is 1.82. The number of rotatable bonds is 2. The fraction of sp³-hybridized carbons (Fsp3) is 0.300. The molecule has 0 atom stereocenters. The molecule has 2 N–H and O–H groups in total. The van der Waals surface area contributed by atoms with E-state index in [1.165, 1.54) is 0 Å². The van der Waals surface area contributed by atoms with Crippen molar-refractivity contribution in [3.05, 3.63) is 22.7 Å². The van der Waals surface area contributed by atoms with Crippen LogP contribution >= 0.6 is 11.6 Å². The Morgan fingerprint density at radius 1 is 1.60 bits per heavy atom. The Morgan fingerprint density at radius 2 is 2.27 bits per heavy atom. The number of amides is 1. The average molecular weight is 230 g/mol. The highest BCUT2D eigenvalue weighted by Crippen LogP contribution is 2.34. The van der Waals surface area contributed by atoms with Crippen LogP contribution in [0.5, 0.6) is 5.75 Å². The van der Waals surface area contributed by atoms with E-state index < -0.39 is 6.09 Å². The molecule has 0 unspecified atom stereocenters. The molecule has 1 aromatic rings. The lowest BCUT2D eigenvalue weighted by Crippen LogP contribution is -2.13. The van der Waals surface area contributed by atoms with E-state index in [1.54, 1.807) is 26.0 Å². The molecule has 1 aromatic carbocycles. The van der Waals surface area contributed by atoms with Crippen LogP contribution in [0, 0.1) is 6.92 Å². The summed E-state index contributed by atoms with van der Waals surface area (Å²) in [5, 5.41) is 12.2. The molecule has 0 fully saturated rings. The molecule has 0 spiro atoms. The van der Waals surface area contributed by atoms with Gasteiger partial charge in [0.05, 0.1) is 17.3 Å². The van der Waals surface area contributed by atoms with E-state index in [4.69, 9.17) is 11.6 Å². The fourth-order valence-corrected chi connectivity index (χ4v) is 1.21. The smallest absolute Gasteiger partial charge is 0.411 e. The van der Waals surface area contributed by atoms with E-state index in [1.807, 2.05) is 0 Å². The van der Waals surface area contributed by atoms with Gasteiger partial charge < -0.3 is 9.84 Å². The summed E-state index contributed by atoms with van der Waals surface area (Å²) in [5.41, 5.74) is 0.979. The highest BCUT2D eigenvalue weighted by molar-refractivity contribution is 6.33. The second kappa shape index (κ2) is 4.89. The van der Waals surface area contributed by atoms with Crippen molar-refractivity contribution in [1.82, 2.24) is 0 Å². The van der Waals surface area contributed by atoms with Gasteiger partial charge in [-0.1, -0.05) is 17.7 Å². The van der Waals surface area contributed by atoms with Gasteiger partial charge >= 0.3 is 6.09 Å². The van der Waals surface area contributed by atoms with Crippen molar-refractivity contribution in [2.24, 2.45) is 0 Å². The minimum Gasteiger partial charge on any atom is -0.504 e. The molecule has 0 heterocycles. The normalized spacial score (nSPS) is 9.80. The summed E-state index contributed by atoms with van der Waals surface area (Å²) in [6.45, 7) is 3.73. The number of halogens is 1. The molecule has 1 rings (SSSR count). The topological polar surface area (TPSA) is 58.6 Å². The third-order valence-corrected chi connectivity index (χ3v) is 2.30. The van der Waals surface area contributed by atoms with Gasteiger partial charge in [-0.25, -0.2) is 4.79 Å². The zero-order chi connectivity index (χ0) is 11.4. The van der Waals surface area contributed by atoms with Gasteiger partial charge in [0.25, 0.3) is 0 Å². The Hall–Kier alpha value is -1.42. The zero-order valence-electron chi connectivity index (χ0n) is 8.50. The third kappa shape index (κ3) is 2.76. The average Bonchev–Trinajstić information content (AvgIpc) is 2.20. The molecule has 4 nitrogen and oxygen atoms in total. The van der Waals surface area contributed by atoms with Crippen LogP contribution in [-0.4, -0.2) is 17.8 Å². The molecular formula is C10H12ClNO3. The van der Waals surface area contributed by atoms with Crippen molar-refractivity contribution in [2.45, 2.75) is 13.8 Å². The van der Waals surface area contributed by atoms with Crippen LogP contribution in [0.15, 0.2) is 12.1 Å². The second-order valence-electron chi connectivity index (χ2n) is 2.94. The van der Waals surface area contributed by atoms with E-state index >= 15 is 0 Å². The second-order valence-corrected chi connectivity index (χ2v) is 3.32. The predicted molar refractivity (Wildman–Crippen MR) is 58.5 cm³/mol. The van der Waals surface area contributed by atoms with Crippen molar-refractivity contribution in [1.29, 1.82) is 0 Å². The molecule has 0 aliphatic rings. The first kappa shape index (κ1) is 11.7. The maximum atomic E-state index is 11.1. The van der Waals surface area contributed by atoms with Gasteiger partial charge in [-0.3, -0.25) is 5.32 Å². The van der Waals surface area contributed by atoms with Gasteiger partial charge in [0, 0.05) is 0 Å². The van der Waals surface area contributed by atoms with Gasteiger partial charge in [0.15, 0.2) is 5.75 Å². The molecule has 0 radical (unpaired) electrons. The number of phenolic OH excluding ortho intramolecular Hbond substituents is 1. The quantitative estimate of drug-likeness (QED) is 0.767. The number of benzene rings is 1. The Balaban J connectivity index is 2.87. The van der Waals surface area contributed by atoms with Gasteiger partial charge in [0.1, 0.15) is 0 Å². The monoisotopic (exact) mass is 229 g/mol. The summed E-state index contributed by atoms with van der Waals surface area (Å²) in [5.74, 6) is -0.148. The summed E-state index contributed by atoms with van der Waals surface area (Å²) in [6, 6.07) is 3.26. The molecule has 1 amide bonds. The van der Waals surface area contributed by atoms with Crippen LogP contribution < -0.4 is 5.32 Å². The fourth-order valence-electron chi connectivity index (χ4n) is 1.04. The molecule has 0 aliphatic carbocycles. The molecule has 15 heavy (non-hydrogen) atoms. The summed E-state index contributed by atoms with van der Waals surface area (Å²) >= 11 is 5.80. The number of nitrogens with one attached hydrogen (secondary N) is 1. The standard InChI is InChI=1S/C10H12ClNO3/c1-3-15-10(14)12-7-5-4-6(2)8(11)9(7)13/h4-5,13H,3H2,1-2H3,(H,12,14). The molecule has 0 aromatic heterocycles. The van der Waals surface area contributed by atoms with Crippen LogP contribution in [0.25, 0.3) is 0 Å². The van der Waals surface area contributed by atoms with Crippen molar-refractivity contribution in [3.63, 3.8) is 0 Å². The Labute approximate surface area is 92.8 Å². The van der Waals surface area contributed by atoms with Crippen molar-refractivity contribution in [2.75, 3.05) is 11.9 Å². The Kier molecular flexibility index (Phi) is 3.80. The van der Waals surface area contributed by atoms with E-state index in [-0.39, 0.29) is 23.1 Å². The molecule has 0 bridgehead atoms. The summed E-state index contributed by atoms with van der Waals surface area (Å²) < 4.78 is 4.67. The van der Waals surface area contributed by atoms with Crippen molar-refractivity contribution in [3.8, 4) is 5.75 Å². The molecule has 0 saturated carbocycles. The largest absolute Gasteiger partial charge is 0.504 e. The first-order valence-corrected chi connectivity index (χ1v) is 4.86. The van der Waals surface area contributed by atoms with Crippen LogP contribution in [0.2, 0.25) is 5.02 Å². The number of carbonyl (C=O) groups excluding carboxylic acids is 1. The van der Waals surface area contributed by atoms with E-state index in [0.29, 0.717) is 0 Å². The minimum atomic E-state index is -0.618. The summed E-state index contributed by atoms with van der Waals surface area (Å²) in [6.07, 6.45) is -0.618. The van der Waals surface area contributed by atoms with Crippen LogP contribution in [0.3, 0.4) is 0 Å². The minimum absolute atomic E-state index is 0.148. The Bertz CT molecular complexity index is 379. The number of aromatic hydroxyl groups is 1. The SMILES string of the molecule is CCOC(=O)Nc1ccc(C)c(Cl)c1O. The number of aryl methyl sites for hydroxylation is 1. The van der Waals surface area contributed by atoms with E-state index in [9.17, 15) is 9.90 Å². The molecule has 82 valence electrons. The van der Waals surface area contributed by atoms with Gasteiger partial charge in [-0.05, 0) is 25.5 Å². The lowest BCUT2D eigenvalue weighted by atomic mass is 10.2. The predicted octanol–water partition coefficient (Wildman–Crippen LogP) is 2.92. The maximum absolute atomic E-state index is 11.1. The number of ether oxygens (including phenoxy) is 1. The molecule has 5 heteroatoms. The van der Waals surface area contributed by atoms with Crippen LogP contribution in [0.4, 0.5) is 10.5 Å². The lowest BCUT2D eigenvalue weighted by molar-refractivity contribution is 0.168. The maximum Gasteiger partial charge on any atom is 0.411 e. The summed E-state index contributed by atoms with van der Waals surface area (Å²) in [7, 11) is 0.